The summed E-state index contributed by atoms with van der Waals surface area (Å²) in [4.78, 5) is 0. The number of rotatable bonds is 6. The molecule has 0 saturated heterocycles. The van der Waals surface area contributed by atoms with Crippen LogP contribution in [-0.4, -0.2) is 12.6 Å². The molecule has 1 saturated carbocycles. The van der Waals surface area contributed by atoms with Gasteiger partial charge in [0.05, 0.1) is 0 Å². The van der Waals surface area contributed by atoms with Crippen LogP contribution in [0.4, 0.5) is 4.39 Å². The molecule has 1 unspecified atom stereocenters. The first-order valence-electron chi connectivity index (χ1n) is 6.73. The molecule has 0 aliphatic heterocycles. The normalized spacial score (nSPS) is 17.2. The van der Waals surface area contributed by atoms with Gasteiger partial charge in [-0.2, -0.15) is 0 Å². The minimum atomic E-state index is -0.156. The number of benzene rings is 1. The van der Waals surface area contributed by atoms with E-state index in [0.717, 1.165) is 29.0 Å². The largest absolute Gasteiger partial charge is 0.314 e. The van der Waals surface area contributed by atoms with Crippen LogP contribution in [0.3, 0.4) is 0 Å². The fraction of sp³-hybridized carbons (Fsp3) is 0.600. The number of halogens is 2. The van der Waals surface area contributed by atoms with E-state index in [0.29, 0.717) is 11.8 Å². The van der Waals surface area contributed by atoms with Crippen LogP contribution in [0.2, 0.25) is 0 Å². The number of hydrogen-bond donors (Lipinski definition) is 1. The Morgan fingerprint density at radius 3 is 2.61 bits per heavy atom. The molecule has 0 heterocycles. The summed E-state index contributed by atoms with van der Waals surface area (Å²) in [6, 6.07) is 5.92. The molecule has 1 nitrogen and oxygen atoms in total. The molecule has 0 aromatic heterocycles. The maximum Gasteiger partial charge on any atom is 0.124 e. The van der Waals surface area contributed by atoms with E-state index in [-0.39, 0.29) is 5.82 Å². The predicted octanol–water partition coefficient (Wildman–Crippen LogP) is 4.15. The van der Waals surface area contributed by atoms with Gasteiger partial charge in [0.25, 0.3) is 0 Å². The highest BCUT2D eigenvalue weighted by Crippen LogP contribution is 2.23. The Morgan fingerprint density at radius 2 is 2.06 bits per heavy atom. The van der Waals surface area contributed by atoms with E-state index in [1.807, 2.05) is 6.07 Å². The van der Waals surface area contributed by atoms with E-state index in [9.17, 15) is 4.39 Å². The van der Waals surface area contributed by atoms with Gasteiger partial charge < -0.3 is 5.32 Å². The first-order valence-corrected chi connectivity index (χ1v) is 7.52. The zero-order valence-corrected chi connectivity index (χ0v) is 12.6. The molecular weight excluding hydrogens is 293 g/mol. The molecule has 0 radical (unpaired) electrons. The van der Waals surface area contributed by atoms with Gasteiger partial charge in [-0.1, -0.05) is 29.8 Å². The molecule has 18 heavy (non-hydrogen) atoms. The lowest BCUT2D eigenvalue weighted by Gasteiger charge is -2.21. The van der Waals surface area contributed by atoms with Gasteiger partial charge in [-0.3, -0.25) is 0 Å². The zero-order valence-electron chi connectivity index (χ0n) is 11.0. The minimum absolute atomic E-state index is 0.156. The average Bonchev–Trinajstić information content (AvgIpc) is 3.06. The molecule has 1 atom stereocenters. The lowest BCUT2D eigenvalue weighted by atomic mass is 9.89. The summed E-state index contributed by atoms with van der Waals surface area (Å²) in [5, 5.41) is 3.58. The highest BCUT2D eigenvalue weighted by molar-refractivity contribution is 9.10. The molecular formula is C15H21BrFN. The molecule has 0 amide bonds. The van der Waals surface area contributed by atoms with Crippen molar-refractivity contribution < 1.29 is 4.39 Å². The fourth-order valence-electron chi connectivity index (χ4n) is 2.18. The summed E-state index contributed by atoms with van der Waals surface area (Å²) in [6.45, 7) is 5.53. The van der Waals surface area contributed by atoms with Gasteiger partial charge in [0.1, 0.15) is 5.82 Å². The van der Waals surface area contributed by atoms with Crippen molar-refractivity contribution in [3.63, 3.8) is 0 Å². The zero-order chi connectivity index (χ0) is 13.1. The van der Waals surface area contributed by atoms with E-state index >= 15 is 0 Å². The summed E-state index contributed by atoms with van der Waals surface area (Å²) in [7, 11) is 0. The third-order valence-corrected chi connectivity index (χ3v) is 4.07. The van der Waals surface area contributed by atoms with E-state index in [1.54, 1.807) is 6.07 Å². The van der Waals surface area contributed by atoms with Crippen molar-refractivity contribution in [1.82, 2.24) is 5.32 Å². The standard InChI is InChI=1S/C15H21BrFN/c1-10(2)12(9-18-15-3-4-15)5-11-6-13(16)8-14(17)7-11/h6-8,10,12,15,18H,3-5,9H2,1-2H3. The molecule has 1 fully saturated rings. The molecule has 1 N–H and O–H groups in total. The van der Waals surface area contributed by atoms with Crippen molar-refractivity contribution in [3.8, 4) is 0 Å². The number of hydrogen-bond acceptors (Lipinski definition) is 1. The second-order valence-corrected chi connectivity index (χ2v) is 6.58. The summed E-state index contributed by atoms with van der Waals surface area (Å²) >= 11 is 3.36. The lowest BCUT2D eigenvalue weighted by Crippen LogP contribution is -2.29. The minimum Gasteiger partial charge on any atom is -0.314 e. The van der Waals surface area contributed by atoms with Crippen LogP contribution in [0.15, 0.2) is 22.7 Å². The Bertz CT molecular complexity index is 381. The van der Waals surface area contributed by atoms with Gasteiger partial charge in [-0.15, -0.1) is 0 Å². The van der Waals surface area contributed by atoms with Crippen LogP contribution < -0.4 is 5.32 Å². The molecule has 2 rings (SSSR count). The SMILES string of the molecule is CC(C)C(CNC1CC1)Cc1cc(F)cc(Br)c1. The van der Waals surface area contributed by atoms with Crippen molar-refractivity contribution in [1.29, 1.82) is 0 Å². The van der Waals surface area contributed by atoms with Gasteiger partial charge in [-0.05, 0) is 61.4 Å². The van der Waals surface area contributed by atoms with Gasteiger partial charge in [0, 0.05) is 10.5 Å². The summed E-state index contributed by atoms with van der Waals surface area (Å²) < 4.78 is 14.2. The Labute approximate surface area is 117 Å². The quantitative estimate of drug-likeness (QED) is 0.831. The molecule has 0 spiro atoms. The van der Waals surface area contributed by atoms with E-state index in [2.05, 4.69) is 35.1 Å². The topological polar surface area (TPSA) is 12.0 Å². The van der Waals surface area contributed by atoms with Crippen LogP contribution in [-0.2, 0) is 6.42 Å². The highest BCUT2D eigenvalue weighted by Gasteiger charge is 2.23. The molecule has 3 heteroatoms. The van der Waals surface area contributed by atoms with Crippen LogP contribution >= 0.6 is 15.9 Å². The fourth-order valence-corrected chi connectivity index (χ4v) is 2.69. The van der Waals surface area contributed by atoms with E-state index in [1.165, 1.54) is 18.9 Å². The Morgan fingerprint density at radius 1 is 1.33 bits per heavy atom. The van der Waals surface area contributed by atoms with Gasteiger partial charge in [0.15, 0.2) is 0 Å². The van der Waals surface area contributed by atoms with Crippen molar-refractivity contribution >= 4 is 15.9 Å². The molecule has 100 valence electrons. The lowest BCUT2D eigenvalue weighted by molar-refractivity contribution is 0.359. The Balaban J connectivity index is 1.97. The second-order valence-electron chi connectivity index (χ2n) is 5.67. The monoisotopic (exact) mass is 313 g/mol. The van der Waals surface area contributed by atoms with Gasteiger partial charge in [-0.25, -0.2) is 4.39 Å². The summed E-state index contributed by atoms with van der Waals surface area (Å²) in [5.41, 5.74) is 1.08. The third kappa shape index (κ3) is 4.36. The van der Waals surface area contributed by atoms with E-state index in [4.69, 9.17) is 0 Å². The second kappa shape index (κ2) is 6.16. The maximum atomic E-state index is 13.4. The predicted molar refractivity (Wildman–Crippen MR) is 77.2 cm³/mol. The van der Waals surface area contributed by atoms with Crippen LogP contribution in [0.25, 0.3) is 0 Å². The van der Waals surface area contributed by atoms with Crippen molar-refractivity contribution in [2.24, 2.45) is 11.8 Å². The molecule has 1 aromatic carbocycles. The Kier molecular flexibility index (Phi) is 4.79. The summed E-state index contributed by atoms with van der Waals surface area (Å²) in [5.74, 6) is 1.02. The number of nitrogens with one attached hydrogen (secondary N) is 1. The van der Waals surface area contributed by atoms with Crippen LogP contribution in [0.5, 0.6) is 0 Å². The van der Waals surface area contributed by atoms with E-state index < -0.39 is 0 Å². The first kappa shape index (κ1) is 14.0. The first-order chi connectivity index (χ1) is 8.54. The third-order valence-electron chi connectivity index (χ3n) is 3.61. The maximum absolute atomic E-state index is 13.4. The van der Waals surface area contributed by atoms with Crippen LogP contribution in [0.1, 0.15) is 32.3 Å². The van der Waals surface area contributed by atoms with Gasteiger partial charge >= 0.3 is 0 Å². The highest BCUT2D eigenvalue weighted by atomic mass is 79.9. The van der Waals surface area contributed by atoms with Crippen molar-refractivity contribution in [2.45, 2.75) is 39.2 Å². The van der Waals surface area contributed by atoms with Crippen LogP contribution in [0, 0.1) is 17.7 Å². The molecule has 1 aromatic rings. The molecule has 0 bridgehead atoms. The molecule has 1 aliphatic rings. The van der Waals surface area contributed by atoms with Crippen molar-refractivity contribution in [2.75, 3.05) is 6.54 Å². The average molecular weight is 314 g/mol. The Hall–Kier alpha value is -0.410. The van der Waals surface area contributed by atoms with Crippen molar-refractivity contribution in [3.05, 3.63) is 34.1 Å². The smallest absolute Gasteiger partial charge is 0.124 e. The summed E-state index contributed by atoms with van der Waals surface area (Å²) in [6.07, 6.45) is 3.57. The molecule has 1 aliphatic carbocycles. The van der Waals surface area contributed by atoms with Gasteiger partial charge in [0.2, 0.25) is 0 Å².